The van der Waals surface area contributed by atoms with Gasteiger partial charge in [-0.05, 0) is 19.8 Å². The van der Waals surface area contributed by atoms with Crippen LogP contribution in [0, 0.1) is 6.92 Å². The van der Waals surface area contributed by atoms with E-state index in [1.807, 2.05) is 6.92 Å². The highest BCUT2D eigenvalue weighted by Gasteiger charge is 2.28. The number of aliphatic hydroxyl groups is 1. The molecule has 0 amide bonds. The van der Waals surface area contributed by atoms with Gasteiger partial charge in [0.1, 0.15) is 6.17 Å². The Morgan fingerprint density at radius 1 is 1.64 bits per heavy atom. The van der Waals surface area contributed by atoms with Crippen molar-refractivity contribution in [1.29, 1.82) is 0 Å². The first-order valence-electron chi connectivity index (χ1n) is 4.20. The highest BCUT2D eigenvalue weighted by molar-refractivity contribution is 4.82. The predicted molar refractivity (Wildman–Crippen MR) is 45.0 cm³/mol. The molecule has 2 unspecified atom stereocenters. The van der Waals surface area contributed by atoms with Crippen molar-refractivity contribution in [3.8, 4) is 0 Å². The quantitative estimate of drug-likeness (QED) is 0.656. The Hall–Kier alpha value is -0.110. The number of alkyl halides is 1. The van der Waals surface area contributed by atoms with E-state index in [4.69, 9.17) is 0 Å². The summed E-state index contributed by atoms with van der Waals surface area (Å²) in [5.74, 6) is 0. The lowest BCUT2D eigenvalue weighted by molar-refractivity contribution is -0.0215. The predicted octanol–water partition coefficient (Wildman–Crippen LogP) is 2.49. The van der Waals surface area contributed by atoms with Crippen LogP contribution in [-0.4, -0.2) is 16.9 Å². The average Bonchev–Trinajstić information content (AvgIpc) is 2.00. The second-order valence-corrected chi connectivity index (χ2v) is 3.22. The largest absolute Gasteiger partial charge is 0.387 e. The van der Waals surface area contributed by atoms with Crippen LogP contribution in [0.1, 0.15) is 39.5 Å². The monoisotopic (exact) mass is 161 g/mol. The van der Waals surface area contributed by atoms with E-state index >= 15 is 0 Å². The van der Waals surface area contributed by atoms with Crippen LogP contribution in [0.2, 0.25) is 0 Å². The zero-order chi connectivity index (χ0) is 8.91. The first-order valence-corrected chi connectivity index (χ1v) is 4.20. The summed E-state index contributed by atoms with van der Waals surface area (Å²) in [6.45, 7) is 7.00. The van der Waals surface area contributed by atoms with Crippen LogP contribution >= 0.6 is 0 Å². The molecule has 67 valence electrons. The van der Waals surface area contributed by atoms with Crippen molar-refractivity contribution in [3.63, 3.8) is 0 Å². The molecule has 0 aliphatic rings. The molecule has 0 spiro atoms. The maximum atomic E-state index is 13.1. The van der Waals surface area contributed by atoms with Gasteiger partial charge in [0, 0.05) is 0 Å². The van der Waals surface area contributed by atoms with Crippen molar-refractivity contribution in [2.24, 2.45) is 0 Å². The summed E-state index contributed by atoms with van der Waals surface area (Å²) in [7, 11) is 0. The summed E-state index contributed by atoms with van der Waals surface area (Å²) in [6, 6.07) is 0. The summed E-state index contributed by atoms with van der Waals surface area (Å²) in [5.41, 5.74) is -1.23. The maximum Gasteiger partial charge on any atom is 0.128 e. The minimum atomic E-state index is -1.23. The number of unbranched alkanes of at least 4 members (excludes halogenated alkanes) is 1. The fourth-order valence-electron chi connectivity index (χ4n) is 0.851. The fourth-order valence-corrected chi connectivity index (χ4v) is 0.851. The van der Waals surface area contributed by atoms with Crippen LogP contribution in [0.5, 0.6) is 0 Å². The molecule has 2 atom stereocenters. The van der Waals surface area contributed by atoms with Gasteiger partial charge >= 0.3 is 0 Å². The van der Waals surface area contributed by atoms with Crippen molar-refractivity contribution >= 4 is 0 Å². The van der Waals surface area contributed by atoms with Gasteiger partial charge in [0.05, 0.1) is 5.60 Å². The first kappa shape index (κ1) is 10.9. The molecule has 1 N–H and O–H groups in total. The number of halogens is 1. The van der Waals surface area contributed by atoms with E-state index in [1.165, 1.54) is 6.92 Å². The van der Waals surface area contributed by atoms with Crippen molar-refractivity contribution in [3.05, 3.63) is 6.92 Å². The summed E-state index contributed by atoms with van der Waals surface area (Å²) >= 11 is 0. The number of hydrogen-bond donors (Lipinski definition) is 1. The Morgan fingerprint density at radius 2 is 2.18 bits per heavy atom. The molecule has 0 aromatic rings. The van der Waals surface area contributed by atoms with Crippen molar-refractivity contribution < 1.29 is 9.50 Å². The lowest BCUT2D eigenvalue weighted by Crippen LogP contribution is -2.35. The average molecular weight is 161 g/mol. The minimum Gasteiger partial charge on any atom is -0.387 e. The molecular weight excluding hydrogens is 143 g/mol. The van der Waals surface area contributed by atoms with E-state index < -0.39 is 11.8 Å². The second-order valence-electron chi connectivity index (χ2n) is 3.22. The second kappa shape index (κ2) is 4.70. The Bertz CT molecular complexity index is 102. The van der Waals surface area contributed by atoms with Crippen LogP contribution in [0.4, 0.5) is 4.39 Å². The molecule has 0 aliphatic heterocycles. The van der Waals surface area contributed by atoms with Crippen molar-refractivity contribution in [1.82, 2.24) is 0 Å². The standard InChI is InChI=1S/C9H18FO/c1-4-6-7-8(10)9(3,11)5-2/h8,11H,2,4-7H2,1,3H3. The summed E-state index contributed by atoms with van der Waals surface area (Å²) in [5, 5.41) is 9.38. The summed E-state index contributed by atoms with van der Waals surface area (Å²) in [6.07, 6.45) is 1.35. The Balaban J connectivity index is 3.71. The van der Waals surface area contributed by atoms with Gasteiger partial charge in [0.2, 0.25) is 0 Å². The molecule has 0 rings (SSSR count). The van der Waals surface area contributed by atoms with E-state index in [-0.39, 0.29) is 6.42 Å². The van der Waals surface area contributed by atoms with Gasteiger partial charge in [0.25, 0.3) is 0 Å². The van der Waals surface area contributed by atoms with Gasteiger partial charge in [-0.3, -0.25) is 0 Å². The third-order valence-corrected chi connectivity index (χ3v) is 1.99. The third-order valence-electron chi connectivity index (χ3n) is 1.99. The SMILES string of the molecule is [CH2]CC(C)(O)C(F)CCCC. The molecule has 0 saturated carbocycles. The topological polar surface area (TPSA) is 20.2 Å². The van der Waals surface area contributed by atoms with Gasteiger partial charge < -0.3 is 5.11 Å². The molecular formula is C9H18FO. The summed E-state index contributed by atoms with van der Waals surface area (Å²) < 4.78 is 13.1. The lowest BCUT2D eigenvalue weighted by Gasteiger charge is -2.25. The Labute approximate surface area is 68.6 Å². The fraction of sp³-hybridized carbons (Fsp3) is 0.889. The number of hydrogen-bond acceptors (Lipinski definition) is 1. The van der Waals surface area contributed by atoms with Crippen LogP contribution in [-0.2, 0) is 0 Å². The smallest absolute Gasteiger partial charge is 0.128 e. The van der Waals surface area contributed by atoms with Crippen LogP contribution < -0.4 is 0 Å². The first-order chi connectivity index (χ1) is 5.04. The molecule has 0 bridgehead atoms. The molecule has 2 heteroatoms. The van der Waals surface area contributed by atoms with E-state index in [1.54, 1.807) is 0 Å². The normalized spacial score (nSPS) is 19.4. The zero-order valence-electron chi connectivity index (χ0n) is 7.44. The van der Waals surface area contributed by atoms with E-state index in [0.717, 1.165) is 12.8 Å². The molecule has 11 heavy (non-hydrogen) atoms. The molecule has 1 radical (unpaired) electrons. The number of rotatable bonds is 5. The van der Waals surface area contributed by atoms with Gasteiger partial charge in [-0.2, -0.15) is 0 Å². The Morgan fingerprint density at radius 3 is 2.55 bits per heavy atom. The molecule has 0 aromatic heterocycles. The van der Waals surface area contributed by atoms with E-state index in [2.05, 4.69) is 6.92 Å². The van der Waals surface area contributed by atoms with Crippen LogP contribution in [0.15, 0.2) is 0 Å². The highest BCUT2D eigenvalue weighted by atomic mass is 19.1. The van der Waals surface area contributed by atoms with Gasteiger partial charge in [0.15, 0.2) is 0 Å². The Kier molecular flexibility index (Phi) is 4.66. The molecule has 0 fully saturated rings. The van der Waals surface area contributed by atoms with E-state index in [9.17, 15) is 9.50 Å². The highest BCUT2D eigenvalue weighted by Crippen LogP contribution is 2.21. The molecule has 0 aromatic carbocycles. The van der Waals surface area contributed by atoms with Crippen molar-refractivity contribution in [2.45, 2.75) is 51.3 Å². The summed E-state index contributed by atoms with van der Waals surface area (Å²) in [4.78, 5) is 0. The van der Waals surface area contributed by atoms with Crippen LogP contribution in [0.3, 0.4) is 0 Å². The maximum absolute atomic E-state index is 13.1. The molecule has 1 nitrogen and oxygen atoms in total. The third kappa shape index (κ3) is 3.71. The lowest BCUT2D eigenvalue weighted by atomic mass is 9.94. The van der Waals surface area contributed by atoms with Gasteiger partial charge in [-0.25, -0.2) is 4.39 Å². The molecule has 0 aliphatic carbocycles. The molecule has 0 heterocycles. The van der Waals surface area contributed by atoms with E-state index in [0.29, 0.717) is 6.42 Å². The van der Waals surface area contributed by atoms with Crippen LogP contribution in [0.25, 0.3) is 0 Å². The zero-order valence-corrected chi connectivity index (χ0v) is 7.44. The minimum absolute atomic E-state index is 0.234. The van der Waals surface area contributed by atoms with Gasteiger partial charge in [-0.15, -0.1) is 0 Å². The van der Waals surface area contributed by atoms with Gasteiger partial charge in [-0.1, -0.05) is 26.7 Å². The molecule has 0 saturated heterocycles. The van der Waals surface area contributed by atoms with Crippen molar-refractivity contribution in [2.75, 3.05) is 0 Å².